The highest BCUT2D eigenvalue weighted by Gasteiger charge is 2.26. The number of hydrogen-bond acceptors (Lipinski definition) is 4. The van der Waals surface area contributed by atoms with E-state index in [0.29, 0.717) is 5.69 Å². The molecule has 0 aliphatic heterocycles. The van der Waals surface area contributed by atoms with Gasteiger partial charge in [0.2, 0.25) is 0 Å². The number of nitro groups is 1. The predicted octanol–water partition coefficient (Wildman–Crippen LogP) is 2.50. The first-order valence-electron chi connectivity index (χ1n) is 6.27. The number of hydrogen-bond donors (Lipinski definition) is 2. The number of anilines is 1. The minimum Gasteiger partial charge on any atom is -0.375 e. The SMILES string of the molecule is Cc1cc(NC2CCCC2N)c([N+](=O)[O-])cc1C. The summed E-state index contributed by atoms with van der Waals surface area (Å²) in [6.07, 6.45) is 3.04. The fraction of sp³-hybridized carbons (Fsp3) is 0.538. The van der Waals surface area contributed by atoms with Gasteiger partial charge in [-0.2, -0.15) is 0 Å². The number of nitrogens with two attached hydrogens (primary N) is 1. The van der Waals surface area contributed by atoms with E-state index in [1.54, 1.807) is 6.07 Å². The van der Waals surface area contributed by atoms with Crippen LogP contribution in [0.5, 0.6) is 0 Å². The summed E-state index contributed by atoms with van der Waals surface area (Å²) >= 11 is 0. The number of rotatable bonds is 3. The van der Waals surface area contributed by atoms with Crippen LogP contribution in [0.1, 0.15) is 30.4 Å². The minimum atomic E-state index is -0.338. The van der Waals surface area contributed by atoms with Crippen LogP contribution in [0.15, 0.2) is 12.1 Å². The van der Waals surface area contributed by atoms with Gasteiger partial charge in [-0.05, 0) is 50.3 Å². The van der Waals surface area contributed by atoms with Gasteiger partial charge < -0.3 is 11.1 Å². The predicted molar refractivity (Wildman–Crippen MR) is 71.8 cm³/mol. The highest BCUT2D eigenvalue weighted by atomic mass is 16.6. The van der Waals surface area contributed by atoms with Crippen LogP contribution in [-0.2, 0) is 0 Å². The fourth-order valence-corrected chi connectivity index (χ4v) is 2.44. The lowest BCUT2D eigenvalue weighted by molar-refractivity contribution is -0.384. The number of nitrogens with zero attached hydrogens (tertiary/aromatic N) is 1. The van der Waals surface area contributed by atoms with Crippen LogP contribution in [0.3, 0.4) is 0 Å². The summed E-state index contributed by atoms with van der Waals surface area (Å²) in [7, 11) is 0. The van der Waals surface area contributed by atoms with Crippen LogP contribution in [0, 0.1) is 24.0 Å². The van der Waals surface area contributed by atoms with E-state index in [4.69, 9.17) is 5.73 Å². The van der Waals surface area contributed by atoms with Gasteiger partial charge in [-0.25, -0.2) is 0 Å². The molecule has 0 saturated heterocycles. The lowest BCUT2D eigenvalue weighted by Gasteiger charge is -2.19. The lowest BCUT2D eigenvalue weighted by atomic mass is 10.1. The largest absolute Gasteiger partial charge is 0.375 e. The highest BCUT2D eigenvalue weighted by molar-refractivity contribution is 5.65. The Morgan fingerprint density at radius 1 is 1.33 bits per heavy atom. The Hall–Kier alpha value is -1.62. The van der Waals surface area contributed by atoms with Crippen LogP contribution in [0.25, 0.3) is 0 Å². The maximum absolute atomic E-state index is 11.1. The van der Waals surface area contributed by atoms with Gasteiger partial charge in [0.05, 0.1) is 4.92 Å². The number of aryl methyl sites for hydroxylation is 2. The average Bonchev–Trinajstić information content (AvgIpc) is 2.69. The molecule has 0 aromatic heterocycles. The lowest BCUT2D eigenvalue weighted by Crippen LogP contribution is -2.35. The molecular formula is C13H19N3O2. The van der Waals surface area contributed by atoms with Gasteiger partial charge >= 0.3 is 0 Å². The molecule has 1 aliphatic carbocycles. The molecule has 2 atom stereocenters. The molecule has 0 radical (unpaired) electrons. The molecule has 3 N–H and O–H groups in total. The maximum atomic E-state index is 11.1. The van der Waals surface area contributed by atoms with E-state index in [-0.39, 0.29) is 22.7 Å². The third-order valence-electron chi connectivity index (χ3n) is 3.72. The Bertz CT molecular complexity index is 474. The van der Waals surface area contributed by atoms with Crippen molar-refractivity contribution < 1.29 is 4.92 Å². The van der Waals surface area contributed by atoms with Gasteiger partial charge in [0.1, 0.15) is 5.69 Å². The molecule has 0 bridgehead atoms. The van der Waals surface area contributed by atoms with E-state index in [9.17, 15) is 10.1 Å². The molecular weight excluding hydrogens is 230 g/mol. The number of nitrogens with one attached hydrogen (secondary N) is 1. The summed E-state index contributed by atoms with van der Waals surface area (Å²) < 4.78 is 0. The Morgan fingerprint density at radius 2 is 2.00 bits per heavy atom. The van der Waals surface area contributed by atoms with Crippen molar-refractivity contribution in [1.29, 1.82) is 0 Å². The van der Waals surface area contributed by atoms with E-state index in [1.165, 1.54) is 0 Å². The molecule has 18 heavy (non-hydrogen) atoms. The Kier molecular flexibility index (Phi) is 3.52. The molecule has 2 rings (SSSR count). The second kappa shape index (κ2) is 4.94. The molecule has 1 saturated carbocycles. The van der Waals surface area contributed by atoms with Crippen molar-refractivity contribution in [1.82, 2.24) is 0 Å². The van der Waals surface area contributed by atoms with E-state index in [0.717, 1.165) is 30.4 Å². The molecule has 0 heterocycles. The van der Waals surface area contributed by atoms with Crippen molar-refractivity contribution in [3.8, 4) is 0 Å². The fourth-order valence-electron chi connectivity index (χ4n) is 2.44. The first-order chi connectivity index (χ1) is 8.49. The molecule has 0 amide bonds. The van der Waals surface area contributed by atoms with Gasteiger partial charge in [-0.1, -0.05) is 0 Å². The summed E-state index contributed by atoms with van der Waals surface area (Å²) in [6.45, 7) is 3.84. The van der Waals surface area contributed by atoms with Crippen LogP contribution >= 0.6 is 0 Å². The zero-order valence-electron chi connectivity index (χ0n) is 10.8. The Morgan fingerprint density at radius 3 is 2.56 bits per heavy atom. The molecule has 1 aromatic carbocycles. The molecule has 1 aromatic rings. The van der Waals surface area contributed by atoms with Gasteiger partial charge in [-0.3, -0.25) is 10.1 Å². The average molecular weight is 249 g/mol. The van der Waals surface area contributed by atoms with Crippen molar-refractivity contribution in [2.24, 2.45) is 5.73 Å². The summed E-state index contributed by atoms with van der Waals surface area (Å²) in [5, 5.41) is 14.3. The number of nitro benzene ring substituents is 1. The molecule has 2 unspecified atom stereocenters. The smallest absolute Gasteiger partial charge is 0.292 e. The van der Waals surface area contributed by atoms with Crippen LogP contribution < -0.4 is 11.1 Å². The van der Waals surface area contributed by atoms with E-state index in [1.807, 2.05) is 19.9 Å². The van der Waals surface area contributed by atoms with Crippen molar-refractivity contribution in [3.63, 3.8) is 0 Å². The summed E-state index contributed by atoms with van der Waals surface area (Å²) in [5.41, 5.74) is 8.70. The normalized spacial score (nSPS) is 23.1. The second-order valence-corrected chi connectivity index (χ2v) is 5.06. The van der Waals surface area contributed by atoms with Crippen molar-refractivity contribution >= 4 is 11.4 Å². The van der Waals surface area contributed by atoms with Crippen molar-refractivity contribution in [2.75, 3.05) is 5.32 Å². The number of benzene rings is 1. The summed E-state index contributed by atoms with van der Waals surface area (Å²) in [6, 6.07) is 3.70. The van der Waals surface area contributed by atoms with E-state index >= 15 is 0 Å². The Balaban J connectivity index is 2.30. The third-order valence-corrected chi connectivity index (χ3v) is 3.72. The molecule has 98 valence electrons. The standard InChI is InChI=1S/C13H19N3O2/c1-8-6-12(13(16(17)18)7-9(8)2)15-11-5-3-4-10(11)14/h6-7,10-11,15H,3-5,14H2,1-2H3. The quantitative estimate of drug-likeness (QED) is 0.637. The summed E-state index contributed by atoms with van der Waals surface area (Å²) in [5.74, 6) is 0. The van der Waals surface area contributed by atoms with Crippen molar-refractivity contribution in [2.45, 2.75) is 45.2 Å². The van der Waals surface area contributed by atoms with Crippen LogP contribution in [-0.4, -0.2) is 17.0 Å². The molecule has 1 fully saturated rings. The van der Waals surface area contributed by atoms with Gasteiger partial charge in [0, 0.05) is 18.2 Å². The zero-order chi connectivity index (χ0) is 13.3. The van der Waals surface area contributed by atoms with E-state index < -0.39 is 0 Å². The summed E-state index contributed by atoms with van der Waals surface area (Å²) in [4.78, 5) is 10.7. The monoisotopic (exact) mass is 249 g/mol. The topological polar surface area (TPSA) is 81.2 Å². The van der Waals surface area contributed by atoms with Gasteiger partial charge in [0.15, 0.2) is 0 Å². The second-order valence-electron chi connectivity index (χ2n) is 5.06. The molecule has 1 aliphatic rings. The minimum absolute atomic E-state index is 0.0891. The van der Waals surface area contributed by atoms with Gasteiger partial charge in [-0.15, -0.1) is 0 Å². The van der Waals surface area contributed by atoms with Crippen molar-refractivity contribution in [3.05, 3.63) is 33.4 Å². The van der Waals surface area contributed by atoms with Crippen LogP contribution in [0.4, 0.5) is 11.4 Å². The third kappa shape index (κ3) is 2.46. The van der Waals surface area contributed by atoms with Crippen LogP contribution in [0.2, 0.25) is 0 Å². The first kappa shape index (κ1) is 12.8. The molecule has 0 spiro atoms. The highest BCUT2D eigenvalue weighted by Crippen LogP contribution is 2.31. The first-order valence-corrected chi connectivity index (χ1v) is 6.27. The molecule has 5 nitrogen and oxygen atoms in total. The van der Waals surface area contributed by atoms with Gasteiger partial charge in [0.25, 0.3) is 5.69 Å². The molecule has 5 heteroatoms. The maximum Gasteiger partial charge on any atom is 0.292 e. The Labute approximate surface area is 107 Å². The zero-order valence-corrected chi connectivity index (χ0v) is 10.8. The van der Waals surface area contributed by atoms with E-state index in [2.05, 4.69) is 5.32 Å².